The number of hydrogen-bond donors (Lipinski definition) is 4. The molecule has 0 radical (unpaired) electrons. The zero-order chi connectivity index (χ0) is 21.3. The van der Waals surface area contributed by atoms with Crippen molar-refractivity contribution in [1.29, 1.82) is 0 Å². The molecule has 2 aromatic carbocycles. The van der Waals surface area contributed by atoms with Crippen LogP contribution < -0.4 is 14.9 Å². The number of methoxy groups -OCH3 is 2. The van der Waals surface area contributed by atoms with Crippen LogP contribution in [0.4, 0.5) is 5.69 Å². The SMILES string of the molecule is COc1ccc(OC)c(/C(C)=N/Nc2ccc(C(=O)O)cc2)c1.O=S(=O)(O)O. The molecule has 4 N–H and O–H groups in total. The van der Waals surface area contributed by atoms with E-state index < -0.39 is 16.4 Å². The van der Waals surface area contributed by atoms with Crippen LogP contribution in [0.15, 0.2) is 47.6 Å². The van der Waals surface area contributed by atoms with Crippen molar-refractivity contribution in [1.82, 2.24) is 0 Å². The number of benzene rings is 2. The summed E-state index contributed by atoms with van der Waals surface area (Å²) >= 11 is 0. The Balaban J connectivity index is 0.000000696. The Bertz CT molecular complexity index is 932. The predicted octanol–water partition coefficient (Wildman–Crippen LogP) is 2.59. The van der Waals surface area contributed by atoms with Crippen molar-refractivity contribution in [2.75, 3.05) is 19.6 Å². The molecule has 0 aliphatic rings. The molecule has 28 heavy (non-hydrogen) atoms. The fourth-order valence-corrected chi connectivity index (χ4v) is 1.99. The van der Waals surface area contributed by atoms with E-state index >= 15 is 0 Å². The number of ether oxygens (including phenoxy) is 2. The molecule has 0 unspecified atom stereocenters. The molecule has 0 heterocycles. The van der Waals surface area contributed by atoms with Crippen LogP contribution in [0.2, 0.25) is 0 Å². The van der Waals surface area contributed by atoms with Crippen LogP contribution in [-0.2, 0) is 10.4 Å². The van der Waals surface area contributed by atoms with Gasteiger partial charge in [-0.3, -0.25) is 14.5 Å². The number of rotatable bonds is 6. The quantitative estimate of drug-likeness (QED) is 0.318. The Kier molecular flexibility index (Phi) is 8.38. The average molecular weight is 412 g/mol. The van der Waals surface area contributed by atoms with E-state index in [1.54, 1.807) is 26.4 Å². The zero-order valence-corrected chi connectivity index (χ0v) is 16.1. The summed E-state index contributed by atoms with van der Waals surface area (Å²) in [5.41, 5.74) is 5.33. The molecular weight excluding hydrogens is 392 g/mol. The maximum Gasteiger partial charge on any atom is 0.394 e. The Morgan fingerprint density at radius 1 is 1.04 bits per heavy atom. The van der Waals surface area contributed by atoms with Gasteiger partial charge in [0, 0.05) is 5.56 Å². The molecule has 0 aromatic heterocycles. The molecule has 2 aromatic rings. The van der Waals surface area contributed by atoms with Crippen molar-refractivity contribution in [3.05, 3.63) is 53.6 Å². The first-order valence-corrected chi connectivity index (χ1v) is 9.00. The zero-order valence-electron chi connectivity index (χ0n) is 15.3. The Labute approximate surface area is 162 Å². The molecular formula is C17H20N2O8S. The molecule has 0 fully saturated rings. The van der Waals surface area contributed by atoms with Crippen LogP contribution >= 0.6 is 0 Å². The second-order valence-corrected chi connectivity index (χ2v) is 6.10. The van der Waals surface area contributed by atoms with Gasteiger partial charge >= 0.3 is 16.4 Å². The lowest BCUT2D eigenvalue weighted by atomic mass is 10.1. The summed E-state index contributed by atoms with van der Waals surface area (Å²) in [4.78, 5) is 10.8. The highest BCUT2D eigenvalue weighted by molar-refractivity contribution is 7.79. The van der Waals surface area contributed by atoms with Crippen molar-refractivity contribution < 1.29 is 36.9 Å². The number of carboxylic acids is 1. The van der Waals surface area contributed by atoms with Gasteiger partial charge in [-0.05, 0) is 49.4 Å². The number of aromatic carboxylic acids is 1. The summed E-state index contributed by atoms with van der Waals surface area (Å²) in [5, 5.41) is 13.2. The van der Waals surface area contributed by atoms with Gasteiger partial charge in [-0.2, -0.15) is 13.5 Å². The Hall–Kier alpha value is -3.15. The lowest BCUT2D eigenvalue weighted by Crippen LogP contribution is -2.03. The molecule has 0 bridgehead atoms. The number of hydrazone groups is 1. The molecule has 0 spiro atoms. The van der Waals surface area contributed by atoms with Gasteiger partial charge in [0.1, 0.15) is 11.5 Å². The number of hydrogen-bond acceptors (Lipinski definition) is 7. The summed E-state index contributed by atoms with van der Waals surface area (Å²) in [6, 6.07) is 11.8. The summed E-state index contributed by atoms with van der Waals surface area (Å²) in [6.07, 6.45) is 0. The lowest BCUT2D eigenvalue weighted by Gasteiger charge is -2.10. The summed E-state index contributed by atoms with van der Waals surface area (Å²) in [6.45, 7) is 1.84. The van der Waals surface area contributed by atoms with E-state index in [0.29, 0.717) is 22.9 Å². The summed E-state index contributed by atoms with van der Waals surface area (Å²) in [7, 11) is -1.48. The van der Waals surface area contributed by atoms with Gasteiger partial charge in [-0.1, -0.05) is 0 Å². The van der Waals surface area contributed by atoms with Crippen LogP contribution in [0.5, 0.6) is 11.5 Å². The third-order valence-electron chi connectivity index (χ3n) is 3.28. The van der Waals surface area contributed by atoms with Crippen LogP contribution in [0.3, 0.4) is 0 Å². The summed E-state index contributed by atoms with van der Waals surface area (Å²) < 4.78 is 42.1. The van der Waals surface area contributed by atoms with Crippen LogP contribution in [0.25, 0.3) is 0 Å². The maximum atomic E-state index is 10.8. The van der Waals surface area contributed by atoms with Crippen molar-refractivity contribution in [2.45, 2.75) is 6.92 Å². The lowest BCUT2D eigenvalue weighted by molar-refractivity contribution is 0.0697. The van der Waals surface area contributed by atoms with Gasteiger partial charge in [0.25, 0.3) is 0 Å². The first kappa shape index (κ1) is 22.9. The molecule has 10 nitrogen and oxygen atoms in total. The minimum Gasteiger partial charge on any atom is -0.497 e. The smallest absolute Gasteiger partial charge is 0.394 e. The largest absolute Gasteiger partial charge is 0.497 e. The Morgan fingerprint density at radius 3 is 2.07 bits per heavy atom. The van der Waals surface area contributed by atoms with Gasteiger partial charge in [0.05, 0.1) is 31.2 Å². The van der Waals surface area contributed by atoms with Crippen molar-refractivity contribution in [2.24, 2.45) is 5.10 Å². The molecule has 0 amide bonds. The molecule has 0 aliphatic heterocycles. The molecule has 0 atom stereocenters. The minimum atomic E-state index is -4.67. The highest BCUT2D eigenvalue weighted by Gasteiger charge is 2.08. The van der Waals surface area contributed by atoms with Gasteiger partial charge < -0.3 is 14.6 Å². The van der Waals surface area contributed by atoms with Crippen LogP contribution in [0.1, 0.15) is 22.8 Å². The number of carboxylic acid groups (broad SMARTS) is 1. The number of anilines is 1. The maximum absolute atomic E-state index is 10.8. The highest BCUT2D eigenvalue weighted by Crippen LogP contribution is 2.24. The second-order valence-electron chi connectivity index (χ2n) is 5.21. The third kappa shape index (κ3) is 8.03. The van der Waals surface area contributed by atoms with E-state index in [9.17, 15) is 4.79 Å². The first-order chi connectivity index (χ1) is 13.0. The minimum absolute atomic E-state index is 0.228. The number of nitrogens with zero attached hydrogens (tertiary/aromatic N) is 1. The van der Waals surface area contributed by atoms with Gasteiger partial charge in [0.15, 0.2) is 0 Å². The van der Waals surface area contributed by atoms with Crippen molar-refractivity contribution in [3.8, 4) is 11.5 Å². The second kappa shape index (κ2) is 10.3. The van der Waals surface area contributed by atoms with Gasteiger partial charge in [-0.25, -0.2) is 4.79 Å². The number of nitrogens with one attached hydrogen (secondary N) is 1. The first-order valence-electron chi connectivity index (χ1n) is 7.61. The van der Waals surface area contributed by atoms with Gasteiger partial charge in [-0.15, -0.1) is 0 Å². The van der Waals surface area contributed by atoms with E-state index in [1.165, 1.54) is 12.1 Å². The monoisotopic (exact) mass is 412 g/mol. The Morgan fingerprint density at radius 2 is 1.61 bits per heavy atom. The van der Waals surface area contributed by atoms with E-state index in [-0.39, 0.29) is 5.56 Å². The molecule has 0 saturated heterocycles. The molecule has 2 rings (SSSR count). The predicted molar refractivity (Wildman–Crippen MR) is 103 cm³/mol. The fourth-order valence-electron chi connectivity index (χ4n) is 1.99. The number of carbonyl (C=O) groups is 1. The van der Waals surface area contributed by atoms with E-state index in [4.69, 9.17) is 32.1 Å². The molecule has 152 valence electrons. The normalized spacial score (nSPS) is 11.1. The van der Waals surface area contributed by atoms with E-state index in [1.807, 2.05) is 25.1 Å². The van der Waals surface area contributed by atoms with Gasteiger partial charge in [0.2, 0.25) is 0 Å². The molecule has 11 heteroatoms. The van der Waals surface area contributed by atoms with Crippen LogP contribution in [0, 0.1) is 0 Å². The third-order valence-corrected chi connectivity index (χ3v) is 3.28. The molecule has 0 saturated carbocycles. The average Bonchev–Trinajstić information content (AvgIpc) is 2.64. The molecule has 0 aliphatic carbocycles. The topological polar surface area (TPSA) is 155 Å². The van der Waals surface area contributed by atoms with Crippen molar-refractivity contribution in [3.63, 3.8) is 0 Å². The van der Waals surface area contributed by atoms with E-state index in [2.05, 4.69) is 10.5 Å². The summed E-state index contributed by atoms with van der Waals surface area (Å²) in [5.74, 6) is 0.439. The fraction of sp³-hybridized carbons (Fsp3) is 0.176. The van der Waals surface area contributed by atoms with E-state index in [0.717, 1.165) is 5.56 Å². The van der Waals surface area contributed by atoms with Crippen LogP contribution in [-0.4, -0.2) is 48.5 Å². The van der Waals surface area contributed by atoms with Crippen molar-refractivity contribution >= 4 is 27.8 Å². The standard InChI is InChI=1S/C17H18N2O4.H2O4S/c1-11(15-10-14(22-2)8-9-16(15)23-3)18-19-13-6-4-12(5-7-13)17(20)21;1-5(2,3)4/h4-10,19H,1-3H3,(H,20,21);(H2,1,2,3,4)/b18-11+;. The highest BCUT2D eigenvalue weighted by atomic mass is 32.3.